The number of thiocarbonyl (C=S) groups is 1. The first-order valence-corrected chi connectivity index (χ1v) is 6.90. The van der Waals surface area contributed by atoms with E-state index in [2.05, 4.69) is 10.6 Å². The quantitative estimate of drug-likeness (QED) is 0.841. The number of hydrogen-bond donors (Lipinski definition) is 2. The van der Waals surface area contributed by atoms with Crippen molar-refractivity contribution in [3.63, 3.8) is 0 Å². The van der Waals surface area contributed by atoms with E-state index in [1.165, 1.54) is 17.7 Å². The summed E-state index contributed by atoms with van der Waals surface area (Å²) in [6, 6.07) is 16.5. The van der Waals surface area contributed by atoms with E-state index < -0.39 is 0 Å². The summed E-state index contributed by atoms with van der Waals surface area (Å²) in [6.45, 7) is 2.67. The summed E-state index contributed by atoms with van der Waals surface area (Å²) in [5.74, 6) is -0.231. The van der Waals surface area contributed by atoms with Crippen molar-refractivity contribution >= 4 is 17.3 Å². The van der Waals surface area contributed by atoms with Gasteiger partial charge in [0.1, 0.15) is 5.82 Å². The summed E-state index contributed by atoms with van der Waals surface area (Å²) in [7, 11) is 0. The highest BCUT2D eigenvalue weighted by molar-refractivity contribution is 7.80. The lowest BCUT2D eigenvalue weighted by Crippen LogP contribution is -2.36. The van der Waals surface area contributed by atoms with E-state index in [1.54, 1.807) is 12.1 Å². The van der Waals surface area contributed by atoms with Gasteiger partial charge in [0, 0.05) is 6.54 Å². The minimum atomic E-state index is -0.231. The van der Waals surface area contributed by atoms with Crippen LogP contribution in [0.3, 0.4) is 0 Å². The fourth-order valence-electron chi connectivity index (χ4n) is 1.86. The first-order chi connectivity index (χ1) is 9.65. The maximum atomic E-state index is 12.9. The van der Waals surface area contributed by atoms with Gasteiger partial charge in [-0.15, -0.1) is 0 Å². The highest BCUT2D eigenvalue weighted by Crippen LogP contribution is 2.12. The molecule has 0 unspecified atom stereocenters. The number of benzene rings is 2. The molecule has 0 saturated carbocycles. The van der Waals surface area contributed by atoms with Crippen molar-refractivity contribution in [1.82, 2.24) is 10.6 Å². The molecule has 0 bridgehead atoms. The van der Waals surface area contributed by atoms with Crippen LogP contribution in [-0.4, -0.2) is 5.11 Å². The Balaban J connectivity index is 1.83. The summed E-state index contributed by atoms with van der Waals surface area (Å²) in [6.07, 6.45) is 0. The molecule has 0 spiro atoms. The van der Waals surface area contributed by atoms with Crippen LogP contribution in [0.25, 0.3) is 0 Å². The molecule has 0 aromatic heterocycles. The lowest BCUT2D eigenvalue weighted by Gasteiger charge is -2.17. The van der Waals surface area contributed by atoms with Crippen molar-refractivity contribution < 1.29 is 4.39 Å². The normalized spacial score (nSPS) is 11.7. The van der Waals surface area contributed by atoms with Crippen LogP contribution < -0.4 is 10.6 Å². The van der Waals surface area contributed by atoms with Gasteiger partial charge >= 0.3 is 0 Å². The van der Waals surface area contributed by atoms with Gasteiger partial charge in [0.15, 0.2) is 5.11 Å². The molecule has 20 heavy (non-hydrogen) atoms. The Morgan fingerprint density at radius 1 is 1.10 bits per heavy atom. The van der Waals surface area contributed by atoms with Gasteiger partial charge in [-0.25, -0.2) is 4.39 Å². The zero-order valence-corrected chi connectivity index (χ0v) is 12.1. The van der Waals surface area contributed by atoms with Gasteiger partial charge in [-0.3, -0.25) is 0 Å². The second-order valence-corrected chi connectivity index (χ2v) is 4.99. The third kappa shape index (κ3) is 4.31. The van der Waals surface area contributed by atoms with Crippen LogP contribution in [0.15, 0.2) is 54.6 Å². The van der Waals surface area contributed by atoms with E-state index in [0.29, 0.717) is 11.7 Å². The summed E-state index contributed by atoms with van der Waals surface area (Å²) >= 11 is 5.26. The summed E-state index contributed by atoms with van der Waals surface area (Å²) in [4.78, 5) is 0. The average Bonchev–Trinajstić information content (AvgIpc) is 2.47. The maximum absolute atomic E-state index is 12.9. The Morgan fingerprint density at radius 3 is 2.40 bits per heavy atom. The van der Waals surface area contributed by atoms with E-state index in [4.69, 9.17) is 12.2 Å². The highest BCUT2D eigenvalue weighted by atomic mass is 32.1. The number of hydrogen-bond acceptors (Lipinski definition) is 1. The zero-order chi connectivity index (χ0) is 14.4. The monoisotopic (exact) mass is 288 g/mol. The molecule has 0 aliphatic heterocycles. The molecule has 0 fully saturated rings. The van der Waals surface area contributed by atoms with Crippen LogP contribution in [-0.2, 0) is 6.54 Å². The molecule has 2 aromatic carbocycles. The van der Waals surface area contributed by atoms with Crippen LogP contribution in [0.1, 0.15) is 24.1 Å². The molecule has 0 aliphatic rings. The first-order valence-electron chi connectivity index (χ1n) is 6.49. The fourth-order valence-corrected chi connectivity index (χ4v) is 2.11. The van der Waals surface area contributed by atoms with Crippen LogP contribution in [0.5, 0.6) is 0 Å². The van der Waals surface area contributed by atoms with Crippen LogP contribution in [0.4, 0.5) is 4.39 Å². The van der Waals surface area contributed by atoms with Crippen molar-refractivity contribution in [3.8, 4) is 0 Å². The molecular weight excluding hydrogens is 271 g/mol. The predicted molar refractivity (Wildman–Crippen MR) is 83.8 cm³/mol. The smallest absolute Gasteiger partial charge is 0.167 e. The van der Waals surface area contributed by atoms with Gasteiger partial charge in [-0.05, 0) is 42.4 Å². The molecule has 2 N–H and O–H groups in total. The van der Waals surface area contributed by atoms with E-state index in [9.17, 15) is 4.39 Å². The van der Waals surface area contributed by atoms with Crippen molar-refractivity contribution in [1.29, 1.82) is 0 Å². The number of halogens is 1. The molecule has 4 heteroatoms. The SMILES string of the molecule is C[C@@H](NC(=S)NCc1ccccc1)c1ccc(F)cc1. The van der Waals surface area contributed by atoms with Crippen molar-refractivity contribution in [3.05, 3.63) is 71.5 Å². The van der Waals surface area contributed by atoms with Crippen LogP contribution in [0.2, 0.25) is 0 Å². The van der Waals surface area contributed by atoms with Crippen molar-refractivity contribution in [2.75, 3.05) is 0 Å². The van der Waals surface area contributed by atoms with Crippen molar-refractivity contribution in [2.24, 2.45) is 0 Å². The molecule has 0 heterocycles. The third-order valence-corrected chi connectivity index (χ3v) is 3.28. The highest BCUT2D eigenvalue weighted by Gasteiger charge is 2.06. The summed E-state index contributed by atoms with van der Waals surface area (Å²) in [5.41, 5.74) is 2.17. The van der Waals surface area contributed by atoms with Gasteiger partial charge in [0.2, 0.25) is 0 Å². The molecule has 2 nitrogen and oxygen atoms in total. The molecule has 2 rings (SSSR count). The van der Waals surface area contributed by atoms with E-state index in [0.717, 1.165) is 5.56 Å². The molecule has 0 saturated heterocycles. The second-order valence-electron chi connectivity index (χ2n) is 4.59. The topological polar surface area (TPSA) is 24.1 Å². The molecule has 2 aromatic rings. The van der Waals surface area contributed by atoms with Gasteiger partial charge in [-0.1, -0.05) is 42.5 Å². The van der Waals surface area contributed by atoms with Crippen LogP contribution in [0, 0.1) is 5.82 Å². The molecule has 0 amide bonds. The Hall–Kier alpha value is -1.94. The van der Waals surface area contributed by atoms with Gasteiger partial charge in [0.25, 0.3) is 0 Å². The Kier molecular flexibility index (Phi) is 5.07. The lowest BCUT2D eigenvalue weighted by molar-refractivity contribution is 0.623. The minimum absolute atomic E-state index is 0.0337. The van der Waals surface area contributed by atoms with E-state index in [-0.39, 0.29) is 11.9 Å². The fraction of sp³-hybridized carbons (Fsp3) is 0.188. The largest absolute Gasteiger partial charge is 0.359 e. The number of rotatable bonds is 4. The van der Waals surface area contributed by atoms with Gasteiger partial charge < -0.3 is 10.6 Å². The molecule has 1 atom stereocenters. The van der Waals surface area contributed by atoms with Crippen molar-refractivity contribution in [2.45, 2.75) is 19.5 Å². The molecule has 104 valence electrons. The lowest BCUT2D eigenvalue weighted by atomic mass is 10.1. The van der Waals surface area contributed by atoms with Crippen LogP contribution >= 0.6 is 12.2 Å². The zero-order valence-electron chi connectivity index (χ0n) is 11.3. The second kappa shape index (κ2) is 7.01. The molecule has 0 radical (unpaired) electrons. The predicted octanol–water partition coefficient (Wildman–Crippen LogP) is 3.55. The van der Waals surface area contributed by atoms with Gasteiger partial charge in [0.05, 0.1) is 6.04 Å². The molecule has 0 aliphatic carbocycles. The summed E-state index contributed by atoms with van der Waals surface area (Å²) in [5, 5.41) is 6.93. The Bertz CT molecular complexity index is 554. The Labute approximate surface area is 124 Å². The first kappa shape index (κ1) is 14.5. The van der Waals surface area contributed by atoms with E-state index >= 15 is 0 Å². The summed E-state index contributed by atoms with van der Waals surface area (Å²) < 4.78 is 12.9. The minimum Gasteiger partial charge on any atom is -0.359 e. The Morgan fingerprint density at radius 2 is 1.75 bits per heavy atom. The molecular formula is C16H17FN2S. The average molecular weight is 288 g/mol. The maximum Gasteiger partial charge on any atom is 0.167 e. The van der Waals surface area contributed by atoms with E-state index in [1.807, 2.05) is 37.3 Å². The third-order valence-electron chi connectivity index (χ3n) is 3.01. The van der Waals surface area contributed by atoms with Gasteiger partial charge in [-0.2, -0.15) is 0 Å². The standard InChI is InChI=1S/C16H17FN2S/c1-12(14-7-9-15(17)10-8-14)19-16(20)18-11-13-5-3-2-4-6-13/h2-10,12H,11H2,1H3,(H2,18,19,20)/t12-/m1/s1. The number of nitrogens with one attached hydrogen (secondary N) is 2.